The van der Waals surface area contributed by atoms with Crippen molar-refractivity contribution in [3.8, 4) is 11.5 Å². The van der Waals surface area contributed by atoms with E-state index in [2.05, 4.69) is 83.1 Å². The van der Waals surface area contributed by atoms with Crippen LogP contribution < -0.4 is 52.4 Å². The maximum Gasteiger partial charge on any atom is 0.253 e. The van der Waals surface area contributed by atoms with Crippen molar-refractivity contribution in [2.45, 2.75) is 64.8 Å². The van der Waals surface area contributed by atoms with Crippen LogP contribution in [0.25, 0.3) is 22.1 Å². The van der Waals surface area contributed by atoms with Crippen molar-refractivity contribution in [1.29, 1.82) is 0 Å². The number of benzene rings is 4. The van der Waals surface area contributed by atoms with Crippen LogP contribution in [0.5, 0.6) is 11.5 Å². The first kappa shape index (κ1) is 61.4. The van der Waals surface area contributed by atoms with Gasteiger partial charge < -0.3 is 71.0 Å². The lowest BCUT2D eigenvalue weighted by Gasteiger charge is -2.16. The zero-order chi connectivity index (χ0) is 59.3. The van der Waals surface area contributed by atoms with E-state index in [1.165, 1.54) is 13.2 Å². The summed E-state index contributed by atoms with van der Waals surface area (Å²) in [6, 6.07) is 26.7. The molecule has 0 saturated carbocycles. The third-order valence-corrected chi connectivity index (χ3v) is 16.4. The minimum Gasteiger partial charge on any atom is -0.495 e. The fourth-order valence-electron chi connectivity index (χ4n) is 8.10. The topological polar surface area (TPSA) is 260 Å². The first-order valence-corrected chi connectivity index (χ1v) is 34.3. The Morgan fingerprint density at radius 3 is 1.48 bits per heavy atom. The van der Waals surface area contributed by atoms with Crippen LogP contribution in [0.4, 0.5) is 57.7 Å². The molecule has 82 heavy (non-hydrogen) atoms. The minimum absolute atomic E-state index is 0.219. The van der Waals surface area contributed by atoms with Gasteiger partial charge in [0.15, 0.2) is 11.3 Å². The molecule has 0 spiro atoms. The number of hydrogen-bond acceptors (Lipinski definition) is 16. The number of anilines is 10. The largest absolute Gasteiger partial charge is 0.495 e. The van der Waals surface area contributed by atoms with Gasteiger partial charge in [0.25, 0.3) is 11.8 Å². The van der Waals surface area contributed by atoms with Crippen molar-refractivity contribution >= 4 is 137 Å². The number of aromatic nitrogens is 6. The molecule has 0 aliphatic carbocycles. The van der Waals surface area contributed by atoms with E-state index in [0.717, 1.165) is 12.1 Å². The van der Waals surface area contributed by atoms with Gasteiger partial charge in [-0.25, -0.2) is 0 Å². The number of para-hydroxylation sites is 2. The molecule has 3 amide bonds. The molecule has 9 N–H and O–H groups in total. The summed E-state index contributed by atoms with van der Waals surface area (Å²) < 4.78 is 26.7. The van der Waals surface area contributed by atoms with Crippen molar-refractivity contribution in [3.63, 3.8) is 0 Å². The number of nitrogens with zero attached hydrogens (tertiary/aromatic N) is 6. The lowest BCUT2D eigenvalue weighted by Crippen LogP contribution is -2.22. The van der Waals surface area contributed by atoms with Gasteiger partial charge in [0, 0.05) is 67.2 Å². The molecule has 432 valence electrons. The number of carbonyl (C=O) groups excluding carboxylic acids is 3. The van der Waals surface area contributed by atoms with E-state index in [9.17, 15) is 14.4 Å². The second kappa shape index (κ2) is 27.5. The van der Waals surface area contributed by atoms with Gasteiger partial charge in [-0.2, -0.15) is 19.9 Å². The average Bonchev–Trinajstić information content (AvgIpc) is 4.15. The summed E-state index contributed by atoms with van der Waals surface area (Å²) in [5.41, 5.74) is 11.3. The summed E-state index contributed by atoms with van der Waals surface area (Å²) in [6.07, 6.45) is 4.71. The van der Waals surface area contributed by atoms with Crippen LogP contribution in [0.3, 0.4) is 0 Å². The fraction of sp³-hybridized carbons (Fsp3) is 0.281. The summed E-state index contributed by atoms with van der Waals surface area (Å²) in [4.78, 5) is 56.0. The summed E-state index contributed by atoms with van der Waals surface area (Å²) in [5, 5.41) is 23.1. The molecule has 0 fully saturated rings. The Hall–Kier alpha value is -8.20. The number of ether oxygens (including phenoxy) is 4. The van der Waals surface area contributed by atoms with Gasteiger partial charge in [-0.15, -0.1) is 0 Å². The van der Waals surface area contributed by atoms with Crippen LogP contribution in [0.2, 0.25) is 61.4 Å². The number of halogens is 2. The summed E-state index contributed by atoms with van der Waals surface area (Å²) >= 11 is 13.5. The first-order valence-electron chi connectivity index (χ1n) is 26.2. The van der Waals surface area contributed by atoms with E-state index in [1.54, 1.807) is 106 Å². The molecule has 25 heteroatoms. The lowest BCUT2D eigenvalue weighted by molar-refractivity contribution is -0.111. The molecule has 0 bridgehead atoms. The van der Waals surface area contributed by atoms with Crippen molar-refractivity contribution in [2.24, 2.45) is 0 Å². The molecule has 4 aromatic carbocycles. The zero-order valence-corrected chi connectivity index (χ0v) is 51.2. The van der Waals surface area contributed by atoms with Crippen LogP contribution in [0.1, 0.15) is 20.7 Å². The Morgan fingerprint density at radius 1 is 0.610 bits per heavy atom. The van der Waals surface area contributed by atoms with Crippen LogP contribution in [0.15, 0.2) is 110 Å². The number of nitrogen functional groups attached to an aromatic ring is 1. The van der Waals surface area contributed by atoms with Crippen molar-refractivity contribution in [3.05, 3.63) is 131 Å². The van der Waals surface area contributed by atoms with Crippen LogP contribution >= 0.6 is 23.2 Å². The van der Waals surface area contributed by atoms with Crippen LogP contribution in [-0.2, 0) is 27.7 Å². The highest BCUT2D eigenvalue weighted by atomic mass is 35.5. The number of nitrogens with two attached hydrogens (primary N) is 1. The maximum absolute atomic E-state index is 12.6. The number of hydrogen-bond donors (Lipinski definition) is 8. The van der Waals surface area contributed by atoms with E-state index in [0.29, 0.717) is 114 Å². The smallest absolute Gasteiger partial charge is 0.253 e. The molecule has 0 radical (unpaired) electrons. The summed E-state index contributed by atoms with van der Waals surface area (Å²) in [5.74, 6) is 1.55. The molecule has 0 saturated heterocycles. The number of amides is 3. The molecular formula is C57H70Cl2N14O7Si2. The molecule has 4 aromatic heterocycles. The number of methoxy groups -OCH3 is 2. The van der Waals surface area contributed by atoms with Crippen molar-refractivity contribution < 1.29 is 33.3 Å². The van der Waals surface area contributed by atoms with E-state index in [-0.39, 0.29) is 43.1 Å². The molecule has 8 rings (SSSR count). The molecule has 8 aromatic rings. The normalized spacial score (nSPS) is 11.3. The zero-order valence-electron chi connectivity index (χ0n) is 47.6. The van der Waals surface area contributed by atoms with E-state index >= 15 is 0 Å². The highest BCUT2D eigenvalue weighted by Crippen LogP contribution is 2.38. The number of nitrogens with one attached hydrogen (secondary N) is 7. The summed E-state index contributed by atoms with van der Waals surface area (Å²) in [7, 11) is 3.76. The van der Waals surface area contributed by atoms with Gasteiger partial charge in [0.05, 0.1) is 68.9 Å². The molecule has 0 atom stereocenters. The Kier molecular flexibility index (Phi) is 20.6. The lowest BCUT2D eigenvalue weighted by atomic mass is 10.1. The highest BCUT2D eigenvalue weighted by molar-refractivity contribution is 6.76. The van der Waals surface area contributed by atoms with Gasteiger partial charge >= 0.3 is 0 Å². The van der Waals surface area contributed by atoms with Crippen molar-refractivity contribution in [1.82, 2.24) is 39.7 Å². The molecule has 21 nitrogen and oxygen atoms in total. The molecule has 4 heterocycles. The maximum atomic E-state index is 12.6. The Morgan fingerprint density at radius 2 is 1.05 bits per heavy atom. The third-order valence-electron chi connectivity index (χ3n) is 12.5. The van der Waals surface area contributed by atoms with E-state index < -0.39 is 16.1 Å². The quantitative estimate of drug-likeness (QED) is 0.0121. The second-order valence-corrected chi connectivity index (χ2v) is 33.2. The second-order valence-electron chi connectivity index (χ2n) is 21.1. The highest BCUT2D eigenvalue weighted by Gasteiger charge is 2.23. The van der Waals surface area contributed by atoms with Gasteiger partial charge in [0.1, 0.15) is 36.6 Å². The Balaban J connectivity index is 0.000000237. The first-order chi connectivity index (χ1) is 39.1. The van der Waals surface area contributed by atoms with E-state index in [4.69, 9.17) is 67.8 Å². The Bertz CT molecular complexity index is 3600. The van der Waals surface area contributed by atoms with Gasteiger partial charge in [-0.3, -0.25) is 14.4 Å². The molecule has 0 unspecified atom stereocenters. The van der Waals surface area contributed by atoms with Gasteiger partial charge in [-0.05, 0) is 78.8 Å². The number of fused-ring (bicyclic) bond motifs is 2. The van der Waals surface area contributed by atoms with Crippen LogP contribution in [-0.4, -0.2) is 104 Å². The monoisotopic (exact) mass is 1190 g/mol. The van der Waals surface area contributed by atoms with Crippen molar-refractivity contribution in [2.75, 3.05) is 73.8 Å². The molecule has 0 aliphatic heterocycles. The number of rotatable bonds is 24. The fourth-order valence-corrected chi connectivity index (χ4v) is 10.2. The Labute approximate surface area is 488 Å². The van der Waals surface area contributed by atoms with Gasteiger partial charge in [0.2, 0.25) is 17.8 Å². The standard InChI is InChI=1S/C30H36ClN7O4Si.C27H34ClN7O3Si/c1-7-25(39)33-19-12-13-24(41-3)23(16-19)35-30-36-27(34-22-11-9-8-10-20(22)29(40)32-2)26-21(31)17-38(28(26)37-30)18-42-14-15-43(4,5)6;1-30-26(36)18-8-6-7-9-20(18)31-24-23-19(28)15-35(16-38-12-13-39(3,4)5)25(23)34-27(33-24)32-21-14-17(29)10-11-22(21)37-2/h7-13,16-17H,1,14-15,18H2,2-6H3,(H,32,40)(H,33,39)(H2,34,35,36,37);6-11,14-15H,12-13,16,29H2,1-5H3,(H,30,36)(H2,31,32,33,34). The predicted molar refractivity (Wildman–Crippen MR) is 335 cm³/mol. The molecular weight excluding hydrogens is 1120 g/mol. The van der Waals surface area contributed by atoms with E-state index in [1.807, 2.05) is 21.3 Å². The third kappa shape index (κ3) is 16.0. The molecule has 0 aliphatic rings. The summed E-state index contributed by atoms with van der Waals surface area (Å²) in [6.45, 7) is 19.1. The van der Waals surface area contributed by atoms with Gasteiger partial charge in [-0.1, -0.05) is 93.3 Å². The predicted octanol–water partition coefficient (Wildman–Crippen LogP) is 12.2. The van der Waals surface area contributed by atoms with Crippen LogP contribution in [0, 0.1) is 0 Å². The minimum atomic E-state index is -1.28. The average molecular weight is 1190 g/mol. The number of carbonyl (C=O) groups is 3. The SMILES string of the molecule is C=CC(=O)Nc1ccc(OC)c(Nc2nc(Nc3ccccc3C(=O)NC)c3c(Cl)cn(COCC[Si](C)(C)C)c3n2)c1.CNC(=O)c1ccccc1Nc1nc(Nc2cc(N)ccc2OC)nc2c1c(Cl)cn2COCC[Si](C)(C)C.